The number of methoxy groups -OCH3 is 1. The first-order valence-corrected chi connectivity index (χ1v) is 6.92. The van der Waals surface area contributed by atoms with Gasteiger partial charge in [-0.25, -0.2) is 4.79 Å². The maximum atomic E-state index is 11.8. The van der Waals surface area contributed by atoms with Crippen LogP contribution in [0.5, 0.6) is 11.5 Å². The molecule has 2 rings (SSSR count). The van der Waals surface area contributed by atoms with Crippen molar-refractivity contribution in [3.8, 4) is 11.5 Å². The molecule has 4 heteroatoms. The summed E-state index contributed by atoms with van der Waals surface area (Å²) in [6.45, 7) is 3.69. The lowest BCUT2D eigenvalue weighted by atomic mass is 9.98. The molecule has 0 spiro atoms. The van der Waals surface area contributed by atoms with Crippen molar-refractivity contribution in [1.82, 2.24) is 0 Å². The van der Waals surface area contributed by atoms with Crippen LogP contribution in [-0.2, 0) is 4.74 Å². The van der Waals surface area contributed by atoms with Gasteiger partial charge >= 0.3 is 6.16 Å². The Balaban J connectivity index is 1.97. The monoisotopic (exact) mass is 276 g/mol. The number of ether oxygens (including phenoxy) is 3. The fraction of sp³-hybridized carbons (Fsp3) is 0.438. The van der Waals surface area contributed by atoms with E-state index in [1.807, 2.05) is 0 Å². The molecule has 1 aliphatic rings. The Hall–Kier alpha value is -1.97. The molecular formula is C16H20O4. The summed E-state index contributed by atoms with van der Waals surface area (Å²) < 4.78 is 15.7. The molecule has 20 heavy (non-hydrogen) atoms. The molecule has 0 aliphatic heterocycles. The SMILES string of the molecule is C=Cc1ccc(OC(=O)OC2CCCCC2)c(OC)c1. The number of carbonyl (C=O) groups excluding carboxylic acids is 1. The lowest BCUT2D eigenvalue weighted by Crippen LogP contribution is -2.23. The number of rotatable bonds is 4. The Morgan fingerprint density at radius 1 is 1.25 bits per heavy atom. The van der Waals surface area contributed by atoms with E-state index in [-0.39, 0.29) is 6.10 Å². The molecule has 0 N–H and O–H groups in total. The zero-order valence-corrected chi connectivity index (χ0v) is 11.8. The van der Waals surface area contributed by atoms with Crippen molar-refractivity contribution in [2.75, 3.05) is 7.11 Å². The third kappa shape index (κ3) is 3.76. The van der Waals surface area contributed by atoms with Crippen LogP contribution in [0.25, 0.3) is 6.08 Å². The second-order valence-electron chi connectivity index (χ2n) is 4.84. The largest absolute Gasteiger partial charge is 0.514 e. The van der Waals surface area contributed by atoms with E-state index in [2.05, 4.69) is 6.58 Å². The van der Waals surface area contributed by atoms with E-state index in [4.69, 9.17) is 14.2 Å². The fourth-order valence-electron chi connectivity index (χ4n) is 2.33. The van der Waals surface area contributed by atoms with Gasteiger partial charge in [0.05, 0.1) is 7.11 Å². The number of hydrogen-bond acceptors (Lipinski definition) is 4. The minimum atomic E-state index is -0.665. The normalized spacial score (nSPS) is 15.4. The molecule has 0 amide bonds. The predicted molar refractivity (Wildman–Crippen MR) is 77.1 cm³/mol. The van der Waals surface area contributed by atoms with Crippen molar-refractivity contribution in [3.63, 3.8) is 0 Å². The van der Waals surface area contributed by atoms with Crippen LogP contribution in [0.2, 0.25) is 0 Å². The third-order valence-corrected chi connectivity index (χ3v) is 3.43. The van der Waals surface area contributed by atoms with Gasteiger partial charge in [-0.3, -0.25) is 0 Å². The average Bonchev–Trinajstić information content (AvgIpc) is 2.48. The minimum Gasteiger partial charge on any atom is -0.493 e. The molecule has 4 nitrogen and oxygen atoms in total. The molecule has 0 saturated heterocycles. The summed E-state index contributed by atoms with van der Waals surface area (Å²) in [5, 5.41) is 0. The lowest BCUT2D eigenvalue weighted by molar-refractivity contribution is 0.0411. The highest BCUT2D eigenvalue weighted by Crippen LogP contribution is 2.29. The quantitative estimate of drug-likeness (QED) is 0.611. The Bertz CT molecular complexity index is 475. The number of benzene rings is 1. The molecule has 0 bridgehead atoms. The smallest absolute Gasteiger partial charge is 0.493 e. The fourth-order valence-corrected chi connectivity index (χ4v) is 2.33. The molecule has 1 fully saturated rings. The van der Waals surface area contributed by atoms with Crippen molar-refractivity contribution in [2.24, 2.45) is 0 Å². The molecule has 1 aromatic carbocycles. The Morgan fingerprint density at radius 2 is 2.00 bits per heavy atom. The van der Waals surface area contributed by atoms with Crippen molar-refractivity contribution < 1.29 is 19.0 Å². The number of hydrogen-bond donors (Lipinski definition) is 0. The second kappa shape index (κ2) is 6.98. The number of carbonyl (C=O) groups is 1. The van der Waals surface area contributed by atoms with E-state index >= 15 is 0 Å². The highest BCUT2D eigenvalue weighted by atomic mass is 16.7. The molecule has 0 radical (unpaired) electrons. The van der Waals surface area contributed by atoms with Crippen LogP contribution < -0.4 is 9.47 Å². The molecule has 108 valence electrons. The zero-order chi connectivity index (χ0) is 14.4. The van der Waals surface area contributed by atoms with Crippen LogP contribution in [0.4, 0.5) is 4.79 Å². The summed E-state index contributed by atoms with van der Waals surface area (Å²) in [4.78, 5) is 11.8. The third-order valence-electron chi connectivity index (χ3n) is 3.43. The van der Waals surface area contributed by atoms with Gasteiger partial charge in [0.1, 0.15) is 6.10 Å². The van der Waals surface area contributed by atoms with Gasteiger partial charge in [-0.05, 0) is 43.4 Å². The van der Waals surface area contributed by atoms with E-state index in [0.717, 1.165) is 31.2 Å². The van der Waals surface area contributed by atoms with Crippen LogP contribution in [0.3, 0.4) is 0 Å². The average molecular weight is 276 g/mol. The Labute approximate surface area is 119 Å². The highest BCUT2D eigenvalue weighted by Gasteiger charge is 2.20. The predicted octanol–water partition coefficient (Wildman–Crippen LogP) is 4.19. The van der Waals surface area contributed by atoms with Gasteiger partial charge in [0.25, 0.3) is 0 Å². The molecule has 0 aromatic heterocycles. The summed E-state index contributed by atoms with van der Waals surface area (Å²) in [5.41, 5.74) is 0.898. The van der Waals surface area contributed by atoms with E-state index in [9.17, 15) is 4.79 Å². The van der Waals surface area contributed by atoms with Crippen LogP contribution in [0.1, 0.15) is 37.7 Å². The Morgan fingerprint density at radius 3 is 2.65 bits per heavy atom. The van der Waals surface area contributed by atoms with Crippen molar-refractivity contribution in [2.45, 2.75) is 38.2 Å². The van der Waals surface area contributed by atoms with E-state index in [1.54, 1.807) is 24.3 Å². The molecule has 0 heterocycles. The van der Waals surface area contributed by atoms with E-state index in [0.29, 0.717) is 11.5 Å². The maximum absolute atomic E-state index is 11.8. The topological polar surface area (TPSA) is 44.8 Å². The highest BCUT2D eigenvalue weighted by molar-refractivity contribution is 5.66. The van der Waals surface area contributed by atoms with E-state index in [1.165, 1.54) is 13.5 Å². The summed E-state index contributed by atoms with van der Waals surface area (Å²) >= 11 is 0. The van der Waals surface area contributed by atoms with Crippen LogP contribution >= 0.6 is 0 Å². The van der Waals surface area contributed by atoms with Crippen molar-refractivity contribution >= 4 is 12.2 Å². The molecular weight excluding hydrogens is 256 g/mol. The first kappa shape index (κ1) is 14.4. The van der Waals surface area contributed by atoms with Crippen molar-refractivity contribution in [3.05, 3.63) is 30.3 Å². The maximum Gasteiger partial charge on any atom is 0.514 e. The summed E-state index contributed by atoms with van der Waals surface area (Å²) in [6, 6.07) is 5.24. The summed E-state index contributed by atoms with van der Waals surface area (Å²) in [5.74, 6) is 0.849. The van der Waals surface area contributed by atoms with Crippen molar-refractivity contribution in [1.29, 1.82) is 0 Å². The van der Waals surface area contributed by atoms with Crippen LogP contribution in [-0.4, -0.2) is 19.4 Å². The van der Waals surface area contributed by atoms with Crippen LogP contribution in [0.15, 0.2) is 24.8 Å². The van der Waals surface area contributed by atoms with Gasteiger partial charge in [-0.1, -0.05) is 25.1 Å². The van der Waals surface area contributed by atoms with E-state index < -0.39 is 6.16 Å². The molecule has 1 aromatic rings. The molecule has 0 atom stereocenters. The first-order chi connectivity index (χ1) is 9.72. The first-order valence-electron chi connectivity index (χ1n) is 6.92. The molecule has 1 saturated carbocycles. The molecule has 1 aliphatic carbocycles. The van der Waals surface area contributed by atoms with Gasteiger partial charge < -0.3 is 14.2 Å². The van der Waals surface area contributed by atoms with Gasteiger partial charge in [-0.15, -0.1) is 0 Å². The van der Waals surface area contributed by atoms with Gasteiger partial charge in [-0.2, -0.15) is 0 Å². The van der Waals surface area contributed by atoms with Crippen LogP contribution in [0, 0.1) is 0 Å². The van der Waals surface area contributed by atoms with Gasteiger partial charge in [0.15, 0.2) is 11.5 Å². The zero-order valence-electron chi connectivity index (χ0n) is 11.8. The Kier molecular flexibility index (Phi) is 5.04. The molecule has 0 unspecified atom stereocenters. The standard InChI is InChI=1S/C16H20O4/c1-3-12-9-10-14(15(11-12)18-2)20-16(17)19-13-7-5-4-6-8-13/h3,9-11,13H,1,4-8H2,2H3. The summed E-state index contributed by atoms with van der Waals surface area (Å²) in [6.07, 6.45) is 6.28. The second-order valence-corrected chi connectivity index (χ2v) is 4.84. The lowest BCUT2D eigenvalue weighted by Gasteiger charge is -2.21. The minimum absolute atomic E-state index is 0.0188. The summed E-state index contributed by atoms with van der Waals surface area (Å²) in [7, 11) is 1.53. The van der Waals surface area contributed by atoms with Gasteiger partial charge in [0.2, 0.25) is 0 Å². The van der Waals surface area contributed by atoms with Gasteiger partial charge in [0, 0.05) is 0 Å².